The molecule has 2 N–H and O–H groups in total. The molecule has 2 nitrogen and oxygen atoms in total. The number of hydrogen-bond acceptors (Lipinski definition) is 3. The first-order valence-electron chi connectivity index (χ1n) is 4.83. The van der Waals surface area contributed by atoms with Crippen molar-refractivity contribution in [1.29, 1.82) is 0 Å². The summed E-state index contributed by atoms with van der Waals surface area (Å²) < 4.78 is 1.23. The molecule has 0 radical (unpaired) electrons. The lowest BCUT2D eigenvalue weighted by molar-refractivity contribution is 0.694. The minimum Gasteiger partial charge on any atom is -0.322 e. The molecule has 1 heterocycles. The highest BCUT2D eigenvalue weighted by Crippen LogP contribution is 2.27. The van der Waals surface area contributed by atoms with Gasteiger partial charge in [0, 0.05) is 0 Å². The van der Waals surface area contributed by atoms with Gasteiger partial charge in [-0.15, -0.1) is 11.3 Å². The third-order valence-electron chi connectivity index (χ3n) is 2.32. The molecule has 2 aromatic rings. The third kappa shape index (κ3) is 1.65. The second-order valence-corrected chi connectivity index (χ2v) is 4.60. The van der Waals surface area contributed by atoms with Crippen molar-refractivity contribution < 1.29 is 0 Å². The van der Waals surface area contributed by atoms with Gasteiger partial charge in [-0.2, -0.15) is 0 Å². The molecule has 0 saturated carbocycles. The molecule has 1 atom stereocenters. The van der Waals surface area contributed by atoms with Crippen LogP contribution < -0.4 is 5.73 Å². The third-order valence-corrected chi connectivity index (χ3v) is 3.48. The van der Waals surface area contributed by atoms with E-state index in [1.807, 2.05) is 0 Å². The van der Waals surface area contributed by atoms with E-state index in [-0.39, 0.29) is 6.04 Å². The summed E-state index contributed by atoms with van der Waals surface area (Å²) in [5, 5.41) is 1.05. The second kappa shape index (κ2) is 3.67. The topological polar surface area (TPSA) is 38.9 Å². The Labute approximate surface area is 87.8 Å². The minimum atomic E-state index is 0.0905. The highest BCUT2D eigenvalue weighted by atomic mass is 32.1. The Balaban J connectivity index is 2.51. The highest BCUT2D eigenvalue weighted by molar-refractivity contribution is 7.18. The number of hydrogen-bond donors (Lipinski definition) is 1. The van der Waals surface area contributed by atoms with Gasteiger partial charge < -0.3 is 5.73 Å². The second-order valence-electron chi connectivity index (χ2n) is 3.54. The summed E-state index contributed by atoms with van der Waals surface area (Å²) in [6.07, 6.45) is 0.943. The Morgan fingerprint density at radius 2 is 2.29 bits per heavy atom. The lowest BCUT2D eigenvalue weighted by atomic mass is 10.2. The number of nitrogens with zero attached hydrogens (tertiary/aromatic N) is 1. The average molecular weight is 206 g/mol. The summed E-state index contributed by atoms with van der Waals surface area (Å²) in [7, 11) is 0. The predicted molar refractivity (Wildman–Crippen MR) is 61.6 cm³/mol. The van der Waals surface area contributed by atoms with Crippen molar-refractivity contribution in [2.75, 3.05) is 0 Å². The van der Waals surface area contributed by atoms with Crippen molar-refractivity contribution in [1.82, 2.24) is 4.98 Å². The van der Waals surface area contributed by atoms with Gasteiger partial charge >= 0.3 is 0 Å². The Kier molecular flexibility index (Phi) is 2.52. The molecule has 0 bridgehead atoms. The maximum atomic E-state index is 5.94. The largest absolute Gasteiger partial charge is 0.322 e. The molecule has 1 aromatic heterocycles. The predicted octanol–water partition coefficient (Wildman–Crippen LogP) is 3.01. The minimum absolute atomic E-state index is 0.0905. The summed E-state index contributed by atoms with van der Waals surface area (Å²) in [5.74, 6) is 0. The average Bonchev–Trinajstić information content (AvgIpc) is 2.59. The van der Waals surface area contributed by atoms with Gasteiger partial charge in [-0.3, -0.25) is 0 Å². The molecule has 2 rings (SSSR count). The fourth-order valence-electron chi connectivity index (χ4n) is 1.39. The molecule has 3 heteroatoms. The van der Waals surface area contributed by atoms with Gasteiger partial charge in [0.2, 0.25) is 0 Å². The van der Waals surface area contributed by atoms with Crippen LogP contribution in [-0.4, -0.2) is 4.98 Å². The van der Waals surface area contributed by atoms with Crippen molar-refractivity contribution in [3.63, 3.8) is 0 Å². The number of aryl methyl sites for hydroxylation is 1. The fraction of sp³-hybridized carbons (Fsp3) is 0.364. The standard InChI is InChI=1S/C11H14N2S/c1-3-8(12)11-13-9-6-7(2)4-5-10(9)14-11/h4-6,8H,3,12H2,1-2H3. The maximum absolute atomic E-state index is 5.94. The summed E-state index contributed by atoms with van der Waals surface area (Å²) in [4.78, 5) is 4.54. The molecule has 0 saturated heterocycles. The molecule has 74 valence electrons. The molecule has 0 aliphatic rings. The van der Waals surface area contributed by atoms with Crippen molar-refractivity contribution in [3.8, 4) is 0 Å². The monoisotopic (exact) mass is 206 g/mol. The molecule has 0 aliphatic carbocycles. The van der Waals surface area contributed by atoms with E-state index in [9.17, 15) is 0 Å². The van der Waals surface area contributed by atoms with Gasteiger partial charge in [0.1, 0.15) is 5.01 Å². The van der Waals surface area contributed by atoms with Gasteiger partial charge in [-0.05, 0) is 31.0 Å². The van der Waals surface area contributed by atoms with Gasteiger partial charge in [-0.1, -0.05) is 13.0 Å². The number of rotatable bonds is 2. The molecule has 1 aromatic carbocycles. The first-order valence-corrected chi connectivity index (χ1v) is 5.65. The van der Waals surface area contributed by atoms with Crippen LogP contribution in [0.2, 0.25) is 0 Å². The summed E-state index contributed by atoms with van der Waals surface area (Å²) in [6.45, 7) is 4.17. The first kappa shape index (κ1) is 9.62. The van der Waals surface area contributed by atoms with Crippen LogP contribution in [0.15, 0.2) is 18.2 Å². The van der Waals surface area contributed by atoms with Crippen LogP contribution in [0.5, 0.6) is 0 Å². The first-order chi connectivity index (χ1) is 6.70. The normalized spacial score (nSPS) is 13.4. The van der Waals surface area contributed by atoms with E-state index in [0.717, 1.165) is 16.9 Å². The molecule has 0 aliphatic heterocycles. The van der Waals surface area contributed by atoms with E-state index < -0.39 is 0 Å². The number of aromatic nitrogens is 1. The summed E-state index contributed by atoms with van der Waals surface area (Å²) in [6, 6.07) is 6.43. The van der Waals surface area contributed by atoms with Crippen LogP contribution in [0.1, 0.15) is 30.0 Å². The molecule has 14 heavy (non-hydrogen) atoms. The fourth-order valence-corrected chi connectivity index (χ4v) is 2.42. The number of benzene rings is 1. The summed E-state index contributed by atoms with van der Waals surface area (Å²) in [5.41, 5.74) is 8.27. The molecule has 0 fully saturated rings. The van der Waals surface area contributed by atoms with Crippen LogP contribution >= 0.6 is 11.3 Å². The highest BCUT2D eigenvalue weighted by Gasteiger charge is 2.09. The Morgan fingerprint density at radius 3 is 3.00 bits per heavy atom. The smallest absolute Gasteiger partial charge is 0.111 e. The van der Waals surface area contributed by atoms with Crippen LogP contribution in [-0.2, 0) is 0 Å². The lowest BCUT2D eigenvalue weighted by Crippen LogP contribution is -2.07. The van der Waals surface area contributed by atoms with Crippen molar-refractivity contribution in [2.24, 2.45) is 5.73 Å². The molecule has 0 amide bonds. The van der Waals surface area contributed by atoms with Crippen LogP contribution in [0.25, 0.3) is 10.2 Å². The van der Waals surface area contributed by atoms with Crippen molar-refractivity contribution in [3.05, 3.63) is 28.8 Å². The molecular formula is C11H14N2S. The number of fused-ring (bicyclic) bond motifs is 1. The summed E-state index contributed by atoms with van der Waals surface area (Å²) >= 11 is 1.70. The SMILES string of the molecule is CCC(N)c1nc2cc(C)ccc2s1. The lowest BCUT2D eigenvalue weighted by Gasteiger charge is -2.01. The van der Waals surface area contributed by atoms with Gasteiger partial charge in [0.05, 0.1) is 16.3 Å². The van der Waals surface area contributed by atoms with Crippen molar-refractivity contribution in [2.45, 2.75) is 26.3 Å². The molecule has 0 spiro atoms. The zero-order valence-electron chi connectivity index (χ0n) is 8.45. The van der Waals surface area contributed by atoms with Gasteiger partial charge in [-0.25, -0.2) is 4.98 Å². The molecule has 1 unspecified atom stereocenters. The zero-order valence-corrected chi connectivity index (χ0v) is 9.27. The van der Waals surface area contributed by atoms with E-state index in [4.69, 9.17) is 5.73 Å². The Hall–Kier alpha value is -0.930. The maximum Gasteiger partial charge on any atom is 0.111 e. The van der Waals surface area contributed by atoms with E-state index in [1.54, 1.807) is 11.3 Å². The van der Waals surface area contributed by atoms with E-state index in [1.165, 1.54) is 10.3 Å². The van der Waals surface area contributed by atoms with Crippen LogP contribution in [0.4, 0.5) is 0 Å². The van der Waals surface area contributed by atoms with Crippen LogP contribution in [0, 0.1) is 6.92 Å². The zero-order chi connectivity index (χ0) is 10.1. The van der Waals surface area contributed by atoms with Crippen LogP contribution in [0.3, 0.4) is 0 Å². The van der Waals surface area contributed by atoms with E-state index in [2.05, 4.69) is 37.0 Å². The Morgan fingerprint density at radius 1 is 1.50 bits per heavy atom. The number of nitrogens with two attached hydrogens (primary N) is 1. The van der Waals surface area contributed by atoms with Gasteiger partial charge in [0.15, 0.2) is 0 Å². The quantitative estimate of drug-likeness (QED) is 0.820. The van der Waals surface area contributed by atoms with Crippen molar-refractivity contribution >= 4 is 21.6 Å². The molecular weight excluding hydrogens is 192 g/mol. The van der Waals surface area contributed by atoms with E-state index >= 15 is 0 Å². The number of thiazole rings is 1. The van der Waals surface area contributed by atoms with Gasteiger partial charge in [0.25, 0.3) is 0 Å². The van der Waals surface area contributed by atoms with E-state index in [0.29, 0.717) is 0 Å². The Bertz CT molecular complexity index is 447.